The molecule has 0 aliphatic heterocycles. The molecule has 1 aromatic carbocycles. The molecule has 1 aliphatic carbocycles. The summed E-state index contributed by atoms with van der Waals surface area (Å²) in [6.07, 6.45) is 3.17. The second-order valence-electron chi connectivity index (χ2n) is 4.90. The molecule has 0 spiro atoms. The molecule has 1 N–H and O–H groups in total. The van der Waals surface area contributed by atoms with Crippen molar-refractivity contribution in [3.8, 4) is 5.75 Å². The van der Waals surface area contributed by atoms with E-state index in [1.807, 2.05) is 0 Å². The van der Waals surface area contributed by atoms with Gasteiger partial charge in [0.1, 0.15) is 11.6 Å². The van der Waals surface area contributed by atoms with Crippen LogP contribution in [0.25, 0.3) is 0 Å². The molecule has 3 nitrogen and oxygen atoms in total. The number of hydrogen-bond acceptors (Lipinski definition) is 2. The maximum Gasteiger partial charge on any atom is 0.303 e. The number of halogens is 1. The van der Waals surface area contributed by atoms with Crippen LogP contribution in [-0.2, 0) is 4.79 Å². The van der Waals surface area contributed by atoms with Crippen molar-refractivity contribution in [2.45, 2.75) is 31.6 Å². The van der Waals surface area contributed by atoms with Gasteiger partial charge in [0.05, 0.1) is 13.5 Å². The van der Waals surface area contributed by atoms with Crippen molar-refractivity contribution in [3.05, 3.63) is 29.6 Å². The van der Waals surface area contributed by atoms with Crippen LogP contribution in [0.1, 0.15) is 37.2 Å². The molecule has 0 aromatic heterocycles. The van der Waals surface area contributed by atoms with E-state index in [1.165, 1.54) is 19.2 Å². The first kappa shape index (κ1) is 12.9. The summed E-state index contributed by atoms with van der Waals surface area (Å²) < 4.78 is 18.5. The molecule has 1 saturated carbocycles. The molecule has 0 radical (unpaired) electrons. The molecule has 1 aromatic rings. The van der Waals surface area contributed by atoms with Gasteiger partial charge in [0, 0.05) is 6.07 Å². The molecule has 0 unspecified atom stereocenters. The number of hydrogen-bond donors (Lipinski definition) is 1. The van der Waals surface area contributed by atoms with Gasteiger partial charge >= 0.3 is 5.97 Å². The van der Waals surface area contributed by atoms with Gasteiger partial charge in [0.15, 0.2) is 0 Å². The average Bonchev–Trinajstić information content (AvgIpc) is 3.10. The summed E-state index contributed by atoms with van der Waals surface area (Å²) in [5.41, 5.74) is 0.723. The van der Waals surface area contributed by atoms with Crippen LogP contribution in [0.3, 0.4) is 0 Å². The standard InChI is InChI=1S/C14H17FO3/c1-18-13-6-11(5-12(15)8-13)10(7-14(16)17)4-9-2-3-9/h5-6,8-10H,2-4,7H2,1H3,(H,16,17)/t10-/m0/s1. The Kier molecular flexibility index (Phi) is 3.84. The largest absolute Gasteiger partial charge is 0.497 e. The van der Waals surface area contributed by atoms with Crippen molar-refractivity contribution in [1.82, 2.24) is 0 Å². The SMILES string of the molecule is COc1cc(F)cc([C@H](CC(=O)O)CC2CC2)c1. The Balaban J connectivity index is 2.21. The smallest absolute Gasteiger partial charge is 0.303 e. The van der Waals surface area contributed by atoms with Gasteiger partial charge in [-0.2, -0.15) is 0 Å². The lowest BCUT2D eigenvalue weighted by Crippen LogP contribution is -2.08. The van der Waals surface area contributed by atoms with Crippen LogP contribution in [0.2, 0.25) is 0 Å². The van der Waals surface area contributed by atoms with Crippen LogP contribution >= 0.6 is 0 Å². The van der Waals surface area contributed by atoms with E-state index in [-0.39, 0.29) is 18.2 Å². The zero-order valence-corrected chi connectivity index (χ0v) is 10.4. The zero-order chi connectivity index (χ0) is 13.1. The number of carboxylic acids is 1. The highest BCUT2D eigenvalue weighted by Crippen LogP contribution is 2.40. The molecular weight excluding hydrogens is 235 g/mol. The minimum atomic E-state index is -0.844. The van der Waals surface area contributed by atoms with Crippen molar-refractivity contribution >= 4 is 5.97 Å². The van der Waals surface area contributed by atoms with Gasteiger partial charge in [-0.15, -0.1) is 0 Å². The predicted octanol–water partition coefficient (Wildman–Crippen LogP) is 3.19. The number of aliphatic carboxylic acids is 1. The quantitative estimate of drug-likeness (QED) is 0.845. The van der Waals surface area contributed by atoms with Crippen LogP contribution in [-0.4, -0.2) is 18.2 Å². The molecule has 1 aliphatic rings. The van der Waals surface area contributed by atoms with Crippen molar-refractivity contribution in [1.29, 1.82) is 0 Å². The predicted molar refractivity (Wildman–Crippen MR) is 65.3 cm³/mol. The second kappa shape index (κ2) is 5.38. The van der Waals surface area contributed by atoms with Crippen molar-refractivity contribution < 1.29 is 19.0 Å². The van der Waals surface area contributed by atoms with Gasteiger partial charge in [-0.1, -0.05) is 12.8 Å². The Morgan fingerprint density at radius 2 is 2.22 bits per heavy atom. The Morgan fingerprint density at radius 1 is 1.50 bits per heavy atom. The molecule has 0 heterocycles. The first-order chi connectivity index (χ1) is 8.58. The molecule has 4 heteroatoms. The molecule has 0 bridgehead atoms. The number of carboxylic acid groups (broad SMARTS) is 1. The van der Waals surface area contributed by atoms with E-state index in [4.69, 9.17) is 9.84 Å². The minimum Gasteiger partial charge on any atom is -0.497 e. The summed E-state index contributed by atoms with van der Waals surface area (Å²) in [6.45, 7) is 0. The lowest BCUT2D eigenvalue weighted by molar-refractivity contribution is -0.137. The molecular formula is C14H17FO3. The summed E-state index contributed by atoms with van der Waals surface area (Å²) in [5, 5.41) is 8.95. The van der Waals surface area contributed by atoms with Crippen molar-refractivity contribution in [3.63, 3.8) is 0 Å². The third-order valence-corrected chi connectivity index (χ3v) is 3.34. The molecule has 18 heavy (non-hydrogen) atoms. The topological polar surface area (TPSA) is 46.5 Å². The maximum atomic E-state index is 13.4. The average molecular weight is 252 g/mol. The molecule has 0 saturated heterocycles. The van der Waals surface area contributed by atoms with Gasteiger partial charge in [0.2, 0.25) is 0 Å². The minimum absolute atomic E-state index is 0.0447. The summed E-state index contributed by atoms with van der Waals surface area (Å²) in [5.74, 6) is -0.307. The summed E-state index contributed by atoms with van der Waals surface area (Å²) >= 11 is 0. The second-order valence-corrected chi connectivity index (χ2v) is 4.90. The van der Waals surface area contributed by atoms with E-state index in [1.54, 1.807) is 6.07 Å². The highest BCUT2D eigenvalue weighted by Gasteiger charge is 2.28. The summed E-state index contributed by atoms with van der Waals surface area (Å²) in [6, 6.07) is 4.45. The van der Waals surface area contributed by atoms with Gasteiger partial charge in [-0.3, -0.25) is 4.79 Å². The fraction of sp³-hybridized carbons (Fsp3) is 0.500. The number of methoxy groups -OCH3 is 1. The van der Waals surface area contributed by atoms with Crippen LogP contribution in [0.5, 0.6) is 5.75 Å². The molecule has 1 fully saturated rings. The van der Waals surface area contributed by atoms with Crippen molar-refractivity contribution in [2.24, 2.45) is 5.92 Å². The molecule has 2 rings (SSSR count). The third kappa shape index (κ3) is 3.45. The van der Waals surface area contributed by atoms with Gasteiger partial charge in [0.25, 0.3) is 0 Å². The van der Waals surface area contributed by atoms with E-state index in [2.05, 4.69) is 0 Å². The van der Waals surface area contributed by atoms with Gasteiger partial charge in [-0.25, -0.2) is 4.39 Å². The lowest BCUT2D eigenvalue weighted by atomic mass is 9.90. The van der Waals surface area contributed by atoms with E-state index in [9.17, 15) is 9.18 Å². The van der Waals surface area contributed by atoms with E-state index in [0.717, 1.165) is 24.8 Å². The van der Waals surface area contributed by atoms with Gasteiger partial charge in [-0.05, 0) is 36.0 Å². The number of ether oxygens (including phenoxy) is 1. The van der Waals surface area contributed by atoms with E-state index < -0.39 is 5.97 Å². The Bertz CT molecular complexity index is 441. The number of carbonyl (C=O) groups is 1. The fourth-order valence-electron chi connectivity index (χ4n) is 2.24. The molecule has 98 valence electrons. The van der Waals surface area contributed by atoms with Crippen LogP contribution in [0.15, 0.2) is 18.2 Å². The van der Waals surface area contributed by atoms with E-state index in [0.29, 0.717) is 11.7 Å². The van der Waals surface area contributed by atoms with Crippen LogP contribution < -0.4 is 4.74 Å². The third-order valence-electron chi connectivity index (χ3n) is 3.34. The molecule has 1 atom stereocenters. The number of benzene rings is 1. The van der Waals surface area contributed by atoms with Crippen molar-refractivity contribution in [2.75, 3.05) is 7.11 Å². The Hall–Kier alpha value is -1.58. The first-order valence-corrected chi connectivity index (χ1v) is 6.14. The Labute approximate surface area is 106 Å². The maximum absolute atomic E-state index is 13.4. The van der Waals surface area contributed by atoms with Crippen LogP contribution in [0, 0.1) is 11.7 Å². The van der Waals surface area contributed by atoms with E-state index >= 15 is 0 Å². The highest BCUT2D eigenvalue weighted by atomic mass is 19.1. The molecule has 0 amide bonds. The van der Waals surface area contributed by atoms with Gasteiger partial charge < -0.3 is 9.84 Å². The lowest BCUT2D eigenvalue weighted by Gasteiger charge is -2.16. The first-order valence-electron chi connectivity index (χ1n) is 6.14. The fourth-order valence-corrected chi connectivity index (χ4v) is 2.24. The highest BCUT2D eigenvalue weighted by molar-refractivity contribution is 5.68. The summed E-state index contributed by atoms with van der Waals surface area (Å²) in [7, 11) is 1.48. The number of rotatable bonds is 6. The zero-order valence-electron chi connectivity index (χ0n) is 10.4. The van der Waals surface area contributed by atoms with Crippen LogP contribution in [0.4, 0.5) is 4.39 Å². The monoisotopic (exact) mass is 252 g/mol. The normalized spacial score (nSPS) is 16.3. The summed E-state index contributed by atoms with van der Waals surface area (Å²) in [4.78, 5) is 10.9. The Morgan fingerprint density at radius 3 is 2.78 bits per heavy atom.